The number of hydrogen-bond donors (Lipinski definition) is 2. The van der Waals surface area contributed by atoms with Crippen LogP contribution in [0.2, 0.25) is 0 Å². The Morgan fingerprint density at radius 2 is 1.76 bits per heavy atom. The van der Waals surface area contributed by atoms with Gasteiger partial charge in [-0.15, -0.1) is 0 Å². The number of amides is 1. The van der Waals surface area contributed by atoms with Gasteiger partial charge in [-0.3, -0.25) is 23.6 Å². The van der Waals surface area contributed by atoms with E-state index in [1.807, 2.05) is 30.3 Å². The molecular weight excluding hydrogens is 422 g/mol. The predicted molar refractivity (Wildman–Crippen MR) is 124 cm³/mol. The van der Waals surface area contributed by atoms with E-state index in [1.165, 1.54) is 15.3 Å². The van der Waals surface area contributed by atoms with Crippen LogP contribution in [0.1, 0.15) is 12.8 Å². The lowest BCUT2D eigenvalue weighted by Crippen LogP contribution is -2.45. The standard InChI is InChI=1S/C24H27N5O4/c1-27-12-10-18(11-13-27)25-22(30)15-28-20(8-5-9-23(28)31)19-14-21(17-6-3-2-4-7-17)29(26-19)16-24(32)33/h2-9,14,18H,10-13,15-16H2,1H3,(H,25,30)(H,32,33). The van der Waals surface area contributed by atoms with E-state index in [0.29, 0.717) is 17.1 Å². The molecule has 1 aromatic carbocycles. The summed E-state index contributed by atoms with van der Waals surface area (Å²) in [7, 11) is 2.06. The number of carboxylic acids is 1. The van der Waals surface area contributed by atoms with Crippen molar-refractivity contribution >= 4 is 11.9 Å². The summed E-state index contributed by atoms with van der Waals surface area (Å²) in [5.41, 5.74) is 2.00. The Labute approximate surface area is 191 Å². The molecule has 0 saturated carbocycles. The number of nitrogens with one attached hydrogen (secondary N) is 1. The molecule has 9 heteroatoms. The predicted octanol–water partition coefficient (Wildman–Crippen LogP) is 1.67. The SMILES string of the molecule is CN1CCC(NC(=O)Cn2c(-c3cc(-c4ccccc4)n(CC(=O)O)n3)cccc2=O)CC1. The van der Waals surface area contributed by atoms with Gasteiger partial charge in [0.2, 0.25) is 5.91 Å². The second kappa shape index (κ2) is 9.83. The lowest BCUT2D eigenvalue weighted by molar-refractivity contribution is -0.137. The van der Waals surface area contributed by atoms with E-state index in [-0.39, 0.29) is 30.6 Å². The van der Waals surface area contributed by atoms with Crippen LogP contribution in [0.3, 0.4) is 0 Å². The van der Waals surface area contributed by atoms with E-state index in [4.69, 9.17) is 0 Å². The quantitative estimate of drug-likeness (QED) is 0.568. The number of rotatable bonds is 7. The number of aromatic nitrogens is 3. The highest BCUT2D eigenvalue weighted by Gasteiger charge is 2.21. The number of aliphatic carboxylic acids is 1. The fraction of sp³-hybridized carbons (Fsp3) is 0.333. The molecule has 0 aliphatic carbocycles. The van der Waals surface area contributed by atoms with Gasteiger partial charge >= 0.3 is 5.97 Å². The van der Waals surface area contributed by atoms with Crippen LogP contribution in [0.5, 0.6) is 0 Å². The number of pyridine rings is 1. The number of likely N-dealkylation sites (tertiary alicyclic amines) is 1. The van der Waals surface area contributed by atoms with Crippen LogP contribution in [0.4, 0.5) is 0 Å². The molecule has 2 aromatic heterocycles. The van der Waals surface area contributed by atoms with Gasteiger partial charge in [0.25, 0.3) is 5.56 Å². The maximum absolute atomic E-state index is 12.7. The van der Waals surface area contributed by atoms with E-state index in [1.54, 1.807) is 18.2 Å². The third-order valence-electron chi connectivity index (χ3n) is 5.83. The highest BCUT2D eigenvalue weighted by molar-refractivity contribution is 5.77. The second-order valence-electron chi connectivity index (χ2n) is 8.31. The van der Waals surface area contributed by atoms with Crippen molar-refractivity contribution < 1.29 is 14.7 Å². The molecule has 0 unspecified atom stereocenters. The highest BCUT2D eigenvalue weighted by atomic mass is 16.4. The van der Waals surface area contributed by atoms with Crippen LogP contribution in [-0.4, -0.2) is 62.4 Å². The molecule has 4 rings (SSSR count). The molecule has 1 saturated heterocycles. The molecule has 0 spiro atoms. The maximum atomic E-state index is 12.7. The topological polar surface area (TPSA) is 109 Å². The van der Waals surface area contributed by atoms with Crippen LogP contribution in [0.25, 0.3) is 22.6 Å². The summed E-state index contributed by atoms with van der Waals surface area (Å²) in [4.78, 5) is 39.0. The molecule has 1 aliphatic rings. The highest BCUT2D eigenvalue weighted by Crippen LogP contribution is 2.26. The van der Waals surface area contributed by atoms with Crippen LogP contribution < -0.4 is 10.9 Å². The molecule has 3 heterocycles. The zero-order chi connectivity index (χ0) is 23.4. The third kappa shape index (κ3) is 5.38. The first-order valence-electron chi connectivity index (χ1n) is 10.9. The first-order valence-corrected chi connectivity index (χ1v) is 10.9. The summed E-state index contributed by atoms with van der Waals surface area (Å²) in [5.74, 6) is -1.25. The third-order valence-corrected chi connectivity index (χ3v) is 5.83. The van der Waals surface area contributed by atoms with Crippen LogP contribution >= 0.6 is 0 Å². The molecule has 0 bridgehead atoms. The Morgan fingerprint density at radius 3 is 2.45 bits per heavy atom. The monoisotopic (exact) mass is 449 g/mol. The minimum absolute atomic E-state index is 0.0935. The largest absolute Gasteiger partial charge is 0.480 e. The van der Waals surface area contributed by atoms with Gasteiger partial charge < -0.3 is 15.3 Å². The molecule has 1 amide bonds. The smallest absolute Gasteiger partial charge is 0.325 e. The second-order valence-corrected chi connectivity index (χ2v) is 8.31. The summed E-state index contributed by atoms with van der Waals surface area (Å²) in [6.07, 6.45) is 1.75. The number of benzene rings is 1. The number of nitrogens with zero attached hydrogens (tertiary/aromatic N) is 4. The fourth-order valence-electron chi connectivity index (χ4n) is 4.11. The van der Waals surface area contributed by atoms with Gasteiger partial charge in [0, 0.05) is 12.1 Å². The summed E-state index contributed by atoms with van der Waals surface area (Å²) >= 11 is 0. The Bertz CT molecular complexity index is 1190. The summed E-state index contributed by atoms with van der Waals surface area (Å²) in [5, 5.41) is 16.8. The van der Waals surface area contributed by atoms with E-state index in [2.05, 4.69) is 22.4 Å². The van der Waals surface area contributed by atoms with Crippen molar-refractivity contribution in [2.24, 2.45) is 0 Å². The number of carbonyl (C=O) groups excluding carboxylic acids is 1. The molecule has 1 aliphatic heterocycles. The zero-order valence-corrected chi connectivity index (χ0v) is 18.5. The normalized spacial score (nSPS) is 14.8. The van der Waals surface area contributed by atoms with Gasteiger partial charge in [0.05, 0.1) is 11.4 Å². The Morgan fingerprint density at radius 1 is 1.03 bits per heavy atom. The van der Waals surface area contributed by atoms with Crippen molar-refractivity contribution in [1.29, 1.82) is 0 Å². The lowest BCUT2D eigenvalue weighted by atomic mass is 10.1. The lowest BCUT2D eigenvalue weighted by Gasteiger charge is -2.29. The van der Waals surface area contributed by atoms with Gasteiger partial charge in [0.1, 0.15) is 18.8 Å². The molecule has 1 fully saturated rings. The van der Waals surface area contributed by atoms with Gasteiger partial charge in [-0.2, -0.15) is 5.10 Å². The fourth-order valence-corrected chi connectivity index (χ4v) is 4.11. The molecule has 3 aromatic rings. The van der Waals surface area contributed by atoms with E-state index in [0.717, 1.165) is 31.5 Å². The molecule has 0 atom stereocenters. The first kappa shape index (κ1) is 22.5. The Hall–Kier alpha value is -3.72. The minimum Gasteiger partial charge on any atom is -0.480 e. The summed E-state index contributed by atoms with van der Waals surface area (Å²) < 4.78 is 2.78. The van der Waals surface area contributed by atoms with Gasteiger partial charge in [-0.1, -0.05) is 36.4 Å². The summed E-state index contributed by atoms with van der Waals surface area (Å²) in [6.45, 7) is 1.39. The van der Waals surface area contributed by atoms with Crippen LogP contribution in [-0.2, 0) is 22.7 Å². The summed E-state index contributed by atoms with van der Waals surface area (Å²) in [6, 6.07) is 15.9. The van der Waals surface area contributed by atoms with E-state index in [9.17, 15) is 19.5 Å². The number of carboxylic acid groups (broad SMARTS) is 1. The van der Waals surface area contributed by atoms with Gasteiger partial charge in [0.15, 0.2) is 0 Å². The number of piperidine rings is 1. The molecule has 2 N–H and O–H groups in total. The van der Waals surface area contributed by atoms with Gasteiger partial charge in [-0.05, 0) is 50.7 Å². The molecule has 0 radical (unpaired) electrons. The van der Waals surface area contributed by atoms with E-state index >= 15 is 0 Å². The number of carbonyl (C=O) groups is 2. The molecular formula is C24H27N5O4. The first-order chi connectivity index (χ1) is 15.9. The van der Waals surface area contributed by atoms with Crippen LogP contribution in [0.15, 0.2) is 59.4 Å². The van der Waals surface area contributed by atoms with Crippen molar-refractivity contribution in [3.8, 4) is 22.6 Å². The van der Waals surface area contributed by atoms with Crippen molar-refractivity contribution in [3.63, 3.8) is 0 Å². The Kier molecular flexibility index (Phi) is 6.69. The van der Waals surface area contributed by atoms with Crippen molar-refractivity contribution in [3.05, 3.63) is 65.0 Å². The molecule has 172 valence electrons. The maximum Gasteiger partial charge on any atom is 0.325 e. The van der Waals surface area contributed by atoms with Crippen molar-refractivity contribution in [2.75, 3.05) is 20.1 Å². The van der Waals surface area contributed by atoms with Crippen molar-refractivity contribution in [1.82, 2.24) is 24.6 Å². The van der Waals surface area contributed by atoms with Crippen LogP contribution in [0, 0.1) is 0 Å². The molecule has 9 nitrogen and oxygen atoms in total. The minimum atomic E-state index is -1.02. The average Bonchev–Trinajstić information content (AvgIpc) is 3.20. The van der Waals surface area contributed by atoms with E-state index < -0.39 is 5.97 Å². The van der Waals surface area contributed by atoms with Gasteiger partial charge in [-0.25, -0.2) is 0 Å². The van der Waals surface area contributed by atoms with Crippen molar-refractivity contribution in [2.45, 2.75) is 32.0 Å². The Balaban J connectivity index is 1.64. The zero-order valence-electron chi connectivity index (χ0n) is 18.5. The average molecular weight is 450 g/mol. The number of hydrogen-bond acceptors (Lipinski definition) is 5. The molecule has 33 heavy (non-hydrogen) atoms.